The van der Waals surface area contributed by atoms with Crippen LogP contribution in [0.2, 0.25) is 0 Å². The van der Waals surface area contributed by atoms with Gasteiger partial charge in [0.25, 0.3) is 0 Å². The highest BCUT2D eigenvalue weighted by Gasteiger charge is 2.57. The molecule has 0 unspecified atom stereocenters. The van der Waals surface area contributed by atoms with Crippen molar-refractivity contribution in [3.8, 4) is 0 Å². The number of ketones is 3. The lowest BCUT2D eigenvalue weighted by molar-refractivity contribution is -0.125. The van der Waals surface area contributed by atoms with Crippen molar-refractivity contribution in [1.82, 2.24) is 0 Å². The molecule has 0 N–H and O–H groups in total. The van der Waals surface area contributed by atoms with E-state index in [9.17, 15) is 14.4 Å². The van der Waals surface area contributed by atoms with Crippen molar-refractivity contribution >= 4 is 17.3 Å². The Labute approximate surface area is 185 Å². The third-order valence-corrected chi connectivity index (χ3v) is 8.94. The van der Waals surface area contributed by atoms with Crippen LogP contribution >= 0.6 is 0 Å². The number of carbonyl (C=O) groups excluding carboxylic acids is 3. The van der Waals surface area contributed by atoms with Crippen molar-refractivity contribution < 1.29 is 14.4 Å². The first kappa shape index (κ1) is 20.6. The standard InChI is InChI=1S/C28H32O3/c1-16(29)18-4-6-19(7-5-18)24-15-28(3)25(17(2)30)12-13-26(28)23-10-8-20-14-21(31)9-11-22(20)27(23)24/h4-7,14,23-26H,8-13,15H2,1-3H3/t23-,24+,25+,26-,28+/m0/s1. The zero-order valence-corrected chi connectivity index (χ0v) is 18.9. The summed E-state index contributed by atoms with van der Waals surface area (Å²) in [4.78, 5) is 36.5. The van der Waals surface area contributed by atoms with Crippen LogP contribution in [-0.4, -0.2) is 17.3 Å². The van der Waals surface area contributed by atoms with Gasteiger partial charge >= 0.3 is 0 Å². The molecule has 0 amide bonds. The fourth-order valence-electron chi connectivity index (χ4n) is 7.58. The molecule has 0 aromatic heterocycles. The van der Waals surface area contributed by atoms with E-state index in [1.165, 1.54) is 16.7 Å². The van der Waals surface area contributed by atoms with Gasteiger partial charge in [0, 0.05) is 23.8 Å². The van der Waals surface area contributed by atoms with E-state index >= 15 is 0 Å². The summed E-state index contributed by atoms with van der Waals surface area (Å²) in [6, 6.07) is 8.15. The van der Waals surface area contributed by atoms with Crippen LogP contribution in [0, 0.1) is 23.2 Å². The van der Waals surface area contributed by atoms with E-state index in [2.05, 4.69) is 19.1 Å². The van der Waals surface area contributed by atoms with Gasteiger partial charge in [0.05, 0.1) is 0 Å². The molecule has 4 aliphatic rings. The monoisotopic (exact) mass is 416 g/mol. The summed E-state index contributed by atoms with van der Waals surface area (Å²) < 4.78 is 0. The Morgan fingerprint density at radius 1 is 0.968 bits per heavy atom. The fourth-order valence-corrected chi connectivity index (χ4v) is 7.58. The fraction of sp³-hybridized carbons (Fsp3) is 0.536. The average Bonchev–Trinajstić information content (AvgIpc) is 3.10. The summed E-state index contributed by atoms with van der Waals surface area (Å²) in [5, 5.41) is 0. The molecular weight excluding hydrogens is 384 g/mol. The van der Waals surface area contributed by atoms with Gasteiger partial charge in [-0.15, -0.1) is 0 Å². The van der Waals surface area contributed by atoms with Gasteiger partial charge in [-0.2, -0.15) is 0 Å². The van der Waals surface area contributed by atoms with Gasteiger partial charge in [0.2, 0.25) is 0 Å². The number of rotatable bonds is 3. The quantitative estimate of drug-likeness (QED) is 0.568. The van der Waals surface area contributed by atoms with Crippen LogP contribution in [0.25, 0.3) is 0 Å². The Balaban J connectivity index is 1.66. The molecule has 0 spiro atoms. The molecule has 3 heteroatoms. The number of allylic oxidation sites excluding steroid dienone is 4. The smallest absolute Gasteiger partial charge is 0.159 e. The molecular formula is C28H32O3. The first-order valence-corrected chi connectivity index (χ1v) is 11.9. The van der Waals surface area contributed by atoms with Crippen molar-refractivity contribution in [3.05, 3.63) is 58.2 Å². The zero-order chi connectivity index (χ0) is 21.9. The van der Waals surface area contributed by atoms with Crippen molar-refractivity contribution in [2.75, 3.05) is 0 Å². The topological polar surface area (TPSA) is 51.2 Å². The third kappa shape index (κ3) is 3.20. The Morgan fingerprint density at radius 2 is 1.71 bits per heavy atom. The summed E-state index contributed by atoms with van der Waals surface area (Å²) in [5.41, 5.74) is 6.27. The number of Topliss-reactive ketones (excluding diaryl/α,β-unsaturated/α-hetero) is 2. The van der Waals surface area contributed by atoms with Crippen molar-refractivity contribution in [2.24, 2.45) is 23.2 Å². The minimum atomic E-state index is 0.0240. The van der Waals surface area contributed by atoms with E-state index in [0.29, 0.717) is 24.0 Å². The van der Waals surface area contributed by atoms with Crippen LogP contribution in [0.15, 0.2) is 47.1 Å². The lowest BCUT2D eigenvalue weighted by atomic mass is 9.51. The molecule has 0 bridgehead atoms. The second-order valence-electron chi connectivity index (χ2n) is 10.5. The second kappa shape index (κ2) is 7.39. The van der Waals surface area contributed by atoms with Gasteiger partial charge in [-0.25, -0.2) is 0 Å². The molecule has 5 atom stereocenters. The SMILES string of the molecule is CC(=O)c1ccc([C@H]2C[C@]3(C)[C@@H](C(C)=O)CC[C@H]3[C@@H]3CCC4=CC(=O)CCC4=C32)cc1. The van der Waals surface area contributed by atoms with Crippen LogP contribution < -0.4 is 0 Å². The minimum Gasteiger partial charge on any atom is -0.300 e. The number of carbonyl (C=O) groups is 3. The molecule has 1 aromatic rings. The molecule has 5 rings (SSSR count). The Morgan fingerprint density at radius 3 is 2.39 bits per heavy atom. The maximum Gasteiger partial charge on any atom is 0.159 e. The molecule has 4 aliphatic carbocycles. The van der Waals surface area contributed by atoms with Gasteiger partial charge in [0.15, 0.2) is 11.6 Å². The van der Waals surface area contributed by atoms with Crippen molar-refractivity contribution in [2.45, 2.75) is 71.6 Å². The van der Waals surface area contributed by atoms with Crippen LogP contribution in [0.3, 0.4) is 0 Å². The van der Waals surface area contributed by atoms with Crippen LogP contribution in [0.4, 0.5) is 0 Å². The molecule has 0 heterocycles. The lowest BCUT2D eigenvalue weighted by Crippen LogP contribution is -2.44. The Hall–Kier alpha value is -2.29. The maximum absolute atomic E-state index is 12.6. The first-order chi connectivity index (χ1) is 14.8. The number of hydrogen-bond donors (Lipinski definition) is 0. The third-order valence-electron chi connectivity index (χ3n) is 8.94. The Bertz CT molecular complexity index is 1020. The molecule has 0 saturated heterocycles. The number of benzene rings is 1. The number of fused-ring (bicyclic) bond motifs is 4. The van der Waals surface area contributed by atoms with E-state index in [4.69, 9.17) is 0 Å². The predicted molar refractivity (Wildman–Crippen MR) is 121 cm³/mol. The van der Waals surface area contributed by atoms with E-state index in [0.717, 1.165) is 44.1 Å². The highest BCUT2D eigenvalue weighted by molar-refractivity contribution is 5.94. The van der Waals surface area contributed by atoms with Crippen LogP contribution in [0.1, 0.15) is 87.6 Å². The average molecular weight is 417 g/mol. The summed E-state index contributed by atoms with van der Waals surface area (Å²) in [5.74, 6) is 2.15. The zero-order valence-electron chi connectivity index (χ0n) is 18.9. The largest absolute Gasteiger partial charge is 0.300 e. The number of hydrogen-bond acceptors (Lipinski definition) is 3. The second-order valence-corrected chi connectivity index (χ2v) is 10.5. The lowest BCUT2D eigenvalue weighted by Gasteiger charge is -2.52. The van der Waals surface area contributed by atoms with Gasteiger partial charge in [-0.05, 0) is 92.4 Å². The molecule has 162 valence electrons. The summed E-state index contributed by atoms with van der Waals surface area (Å²) in [6.45, 7) is 5.75. The molecule has 3 nitrogen and oxygen atoms in total. The van der Waals surface area contributed by atoms with Gasteiger partial charge in [-0.1, -0.05) is 36.8 Å². The highest BCUT2D eigenvalue weighted by atomic mass is 16.1. The summed E-state index contributed by atoms with van der Waals surface area (Å²) in [6.07, 6.45) is 8.58. The summed E-state index contributed by atoms with van der Waals surface area (Å²) >= 11 is 0. The predicted octanol–water partition coefficient (Wildman–Crippen LogP) is 5.99. The maximum atomic E-state index is 12.6. The minimum absolute atomic E-state index is 0.0240. The van der Waals surface area contributed by atoms with E-state index in [1.807, 2.05) is 18.2 Å². The first-order valence-electron chi connectivity index (χ1n) is 11.9. The molecule has 1 aromatic carbocycles. The molecule has 0 radical (unpaired) electrons. The highest BCUT2D eigenvalue weighted by Crippen LogP contribution is 2.65. The molecule has 31 heavy (non-hydrogen) atoms. The Kier molecular flexibility index (Phi) is 4.91. The van der Waals surface area contributed by atoms with Gasteiger partial charge < -0.3 is 0 Å². The van der Waals surface area contributed by atoms with Gasteiger partial charge in [0.1, 0.15) is 5.78 Å². The van der Waals surface area contributed by atoms with Crippen LogP contribution in [-0.2, 0) is 9.59 Å². The molecule has 2 saturated carbocycles. The van der Waals surface area contributed by atoms with E-state index in [1.54, 1.807) is 19.4 Å². The summed E-state index contributed by atoms with van der Waals surface area (Å²) in [7, 11) is 0. The van der Waals surface area contributed by atoms with Crippen molar-refractivity contribution in [1.29, 1.82) is 0 Å². The van der Waals surface area contributed by atoms with Crippen molar-refractivity contribution in [3.63, 3.8) is 0 Å². The van der Waals surface area contributed by atoms with E-state index < -0.39 is 0 Å². The molecule has 0 aliphatic heterocycles. The van der Waals surface area contributed by atoms with E-state index in [-0.39, 0.29) is 28.8 Å². The van der Waals surface area contributed by atoms with Gasteiger partial charge in [-0.3, -0.25) is 14.4 Å². The van der Waals surface area contributed by atoms with Crippen LogP contribution in [0.5, 0.6) is 0 Å². The normalized spacial score (nSPS) is 34.5. The molecule has 2 fully saturated rings.